The van der Waals surface area contributed by atoms with Crippen LogP contribution in [0.25, 0.3) is 0 Å². The van der Waals surface area contributed by atoms with Crippen LogP contribution < -0.4 is 4.73 Å². The van der Waals surface area contributed by atoms with E-state index in [9.17, 15) is 14.8 Å². The van der Waals surface area contributed by atoms with Crippen LogP contribution in [0.5, 0.6) is 0 Å². The van der Waals surface area contributed by atoms with Gasteiger partial charge in [0.2, 0.25) is 0 Å². The Morgan fingerprint density at radius 1 is 1.11 bits per heavy atom. The molecule has 2 atom stereocenters. The van der Waals surface area contributed by atoms with Crippen molar-refractivity contribution in [3.8, 4) is 0 Å². The van der Waals surface area contributed by atoms with Crippen LogP contribution in [0.4, 0.5) is 0 Å². The second kappa shape index (κ2) is 6.40. The van der Waals surface area contributed by atoms with E-state index in [1.165, 1.54) is 26.5 Å². The summed E-state index contributed by atoms with van der Waals surface area (Å²) in [6.07, 6.45) is 0.829. The second-order valence-corrected chi connectivity index (χ2v) is 4.12. The van der Waals surface area contributed by atoms with Crippen molar-refractivity contribution in [2.24, 2.45) is 0 Å². The third-order valence-corrected chi connectivity index (χ3v) is 2.91. The lowest BCUT2D eigenvalue weighted by Gasteiger charge is -2.13. The van der Waals surface area contributed by atoms with Gasteiger partial charge in [-0.1, -0.05) is 0 Å². The summed E-state index contributed by atoms with van der Waals surface area (Å²) >= 11 is 0. The van der Waals surface area contributed by atoms with Crippen molar-refractivity contribution in [1.29, 1.82) is 0 Å². The Morgan fingerprint density at radius 2 is 1.58 bits per heavy atom. The number of aromatic nitrogens is 1. The standard InChI is InChI=1S/C13H17NO5/c1-8(18-3)12(15)10-5-6-14(17)7-11(10)13(16)9(2)19-4/h5-9H,1-4H3. The maximum atomic E-state index is 12.1. The van der Waals surface area contributed by atoms with Crippen LogP contribution in [0.3, 0.4) is 0 Å². The number of methoxy groups -OCH3 is 2. The molecular weight excluding hydrogens is 250 g/mol. The molecule has 0 bridgehead atoms. The fraction of sp³-hybridized carbons (Fsp3) is 0.462. The van der Waals surface area contributed by atoms with Gasteiger partial charge in [0.15, 0.2) is 24.0 Å². The van der Waals surface area contributed by atoms with Crippen LogP contribution >= 0.6 is 0 Å². The van der Waals surface area contributed by atoms with Gasteiger partial charge in [-0.2, -0.15) is 4.73 Å². The number of carbonyl (C=O) groups excluding carboxylic acids is 2. The average molecular weight is 267 g/mol. The maximum Gasteiger partial charge on any atom is 0.198 e. The molecule has 104 valence electrons. The molecule has 1 aromatic rings. The first-order valence-corrected chi connectivity index (χ1v) is 5.79. The molecule has 1 aromatic heterocycles. The van der Waals surface area contributed by atoms with E-state index in [0.717, 1.165) is 6.20 Å². The van der Waals surface area contributed by atoms with Gasteiger partial charge in [-0.05, 0) is 13.8 Å². The van der Waals surface area contributed by atoms with Gasteiger partial charge in [-0.15, -0.1) is 0 Å². The van der Waals surface area contributed by atoms with Crippen LogP contribution in [-0.2, 0) is 9.47 Å². The molecule has 0 aliphatic carbocycles. The number of hydrogen-bond acceptors (Lipinski definition) is 5. The number of ether oxygens (including phenoxy) is 2. The third-order valence-electron chi connectivity index (χ3n) is 2.91. The number of Topliss-reactive ketones (excluding diaryl/α,β-unsaturated/α-hetero) is 2. The Morgan fingerprint density at radius 3 is 2.05 bits per heavy atom. The van der Waals surface area contributed by atoms with Gasteiger partial charge in [0.05, 0.1) is 5.56 Å². The molecule has 0 N–H and O–H groups in total. The first-order chi connectivity index (χ1) is 8.92. The molecule has 1 heterocycles. The lowest BCUT2D eigenvalue weighted by molar-refractivity contribution is -0.605. The number of pyridine rings is 1. The zero-order chi connectivity index (χ0) is 14.6. The summed E-state index contributed by atoms with van der Waals surface area (Å²) in [5, 5.41) is 11.3. The van der Waals surface area contributed by atoms with Crippen molar-refractivity contribution in [2.45, 2.75) is 26.1 Å². The molecule has 2 unspecified atom stereocenters. The first kappa shape index (κ1) is 15.3. The molecule has 0 saturated heterocycles. The summed E-state index contributed by atoms with van der Waals surface area (Å²) in [5.74, 6) is -0.769. The Labute approximate surface area is 111 Å². The lowest BCUT2D eigenvalue weighted by atomic mass is 9.98. The van der Waals surface area contributed by atoms with Crippen molar-refractivity contribution in [1.82, 2.24) is 0 Å². The smallest absolute Gasteiger partial charge is 0.198 e. The summed E-state index contributed by atoms with van der Waals surface area (Å²) < 4.78 is 10.3. The zero-order valence-corrected chi connectivity index (χ0v) is 11.4. The van der Waals surface area contributed by atoms with E-state index >= 15 is 0 Å². The monoisotopic (exact) mass is 267 g/mol. The SMILES string of the molecule is COC(C)C(=O)c1cc[n+]([O-])cc1C(=O)C(C)OC. The predicted octanol–water partition coefficient (Wildman–Crippen LogP) is 0.755. The highest BCUT2D eigenvalue weighted by molar-refractivity contribution is 6.11. The van der Waals surface area contributed by atoms with Gasteiger partial charge in [-0.3, -0.25) is 9.59 Å². The van der Waals surface area contributed by atoms with E-state index in [2.05, 4.69) is 0 Å². The summed E-state index contributed by atoms with van der Waals surface area (Å²) in [6, 6.07) is 1.32. The van der Waals surface area contributed by atoms with Gasteiger partial charge in [-0.25, -0.2) is 0 Å². The van der Waals surface area contributed by atoms with Crippen molar-refractivity contribution in [3.05, 3.63) is 34.8 Å². The molecule has 1 rings (SSSR count). The summed E-state index contributed by atoms with van der Waals surface area (Å²) in [4.78, 5) is 24.2. The Kier molecular flexibility index (Phi) is 5.14. The van der Waals surface area contributed by atoms with Crippen molar-refractivity contribution in [2.75, 3.05) is 14.2 Å². The van der Waals surface area contributed by atoms with E-state index in [-0.39, 0.29) is 16.9 Å². The van der Waals surface area contributed by atoms with E-state index in [1.807, 2.05) is 0 Å². The molecule has 0 aromatic carbocycles. The molecule has 19 heavy (non-hydrogen) atoms. The minimum Gasteiger partial charge on any atom is -0.619 e. The predicted molar refractivity (Wildman–Crippen MR) is 67.0 cm³/mol. The number of rotatable bonds is 6. The number of hydrogen-bond donors (Lipinski definition) is 0. The number of ketones is 2. The van der Waals surface area contributed by atoms with Gasteiger partial charge in [0, 0.05) is 25.8 Å². The van der Waals surface area contributed by atoms with E-state index in [1.54, 1.807) is 13.8 Å². The van der Waals surface area contributed by atoms with Gasteiger partial charge in [0.25, 0.3) is 0 Å². The fourth-order valence-electron chi connectivity index (χ4n) is 1.54. The topological polar surface area (TPSA) is 79.5 Å². The van der Waals surface area contributed by atoms with Crippen molar-refractivity contribution < 1.29 is 23.8 Å². The van der Waals surface area contributed by atoms with Crippen LogP contribution in [0, 0.1) is 5.21 Å². The minimum absolute atomic E-state index is 0.0424. The molecule has 0 amide bonds. The second-order valence-electron chi connectivity index (χ2n) is 4.12. The highest BCUT2D eigenvalue weighted by Gasteiger charge is 2.26. The van der Waals surface area contributed by atoms with Gasteiger partial charge < -0.3 is 14.7 Å². The molecule has 6 nitrogen and oxygen atoms in total. The van der Waals surface area contributed by atoms with E-state index < -0.39 is 18.0 Å². The summed E-state index contributed by atoms with van der Waals surface area (Å²) in [7, 11) is 2.79. The van der Waals surface area contributed by atoms with Crippen molar-refractivity contribution in [3.63, 3.8) is 0 Å². The molecule has 0 aliphatic rings. The molecular formula is C13H17NO5. The Bertz CT molecular complexity index is 486. The molecule has 0 aliphatic heterocycles. The number of nitrogens with zero attached hydrogens (tertiary/aromatic N) is 1. The highest BCUT2D eigenvalue weighted by Crippen LogP contribution is 2.14. The third kappa shape index (κ3) is 3.36. The molecule has 6 heteroatoms. The normalized spacial score (nSPS) is 13.9. The van der Waals surface area contributed by atoms with Crippen LogP contribution in [0.15, 0.2) is 18.5 Å². The van der Waals surface area contributed by atoms with Crippen molar-refractivity contribution >= 4 is 11.6 Å². The Hall–Kier alpha value is -1.79. The Balaban J connectivity index is 3.26. The largest absolute Gasteiger partial charge is 0.619 e. The maximum absolute atomic E-state index is 12.1. The fourth-order valence-corrected chi connectivity index (χ4v) is 1.54. The van der Waals surface area contributed by atoms with Crippen LogP contribution in [0.2, 0.25) is 0 Å². The summed E-state index contributed by atoms with van der Waals surface area (Å²) in [5.41, 5.74) is 0.205. The molecule has 0 radical (unpaired) electrons. The van der Waals surface area contributed by atoms with Gasteiger partial charge in [0.1, 0.15) is 12.2 Å². The lowest BCUT2D eigenvalue weighted by Crippen LogP contribution is -2.32. The highest BCUT2D eigenvalue weighted by atomic mass is 16.5. The quantitative estimate of drug-likeness (QED) is 0.432. The zero-order valence-electron chi connectivity index (χ0n) is 11.4. The number of carbonyl (C=O) groups is 2. The van der Waals surface area contributed by atoms with Gasteiger partial charge >= 0.3 is 0 Å². The molecule has 0 saturated carbocycles. The van der Waals surface area contributed by atoms with E-state index in [0.29, 0.717) is 4.73 Å². The minimum atomic E-state index is -0.730. The average Bonchev–Trinajstić information content (AvgIpc) is 2.43. The van der Waals surface area contributed by atoms with Crippen LogP contribution in [-0.4, -0.2) is 38.0 Å². The first-order valence-electron chi connectivity index (χ1n) is 5.79. The van der Waals surface area contributed by atoms with E-state index in [4.69, 9.17) is 9.47 Å². The molecule has 0 fully saturated rings. The molecule has 0 spiro atoms. The van der Waals surface area contributed by atoms with Crippen LogP contribution in [0.1, 0.15) is 34.6 Å². The summed E-state index contributed by atoms with van der Waals surface area (Å²) in [6.45, 7) is 3.13.